The van der Waals surface area contributed by atoms with E-state index in [-0.39, 0.29) is 48.1 Å². The molecule has 11 heteroatoms. The highest BCUT2D eigenvalue weighted by Gasteiger charge is 2.37. The molecule has 1 aliphatic heterocycles. The summed E-state index contributed by atoms with van der Waals surface area (Å²) in [6.07, 6.45) is 2.33. The number of hydrogen-bond donors (Lipinski definition) is 2. The summed E-state index contributed by atoms with van der Waals surface area (Å²) in [5, 5.41) is 21.6. The number of aromatic nitrogens is 3. The Balaban J connectivity index is 1.14. The Kier molecular flexibility index (Phi) is 6.31. The van der Waals surface area contributed by atoms with Gasteiger partial charge in [0, 0.05) is 42.8 Å². The molecule has 0 amide bonds. The predicted octanol–water partition coefficient (Wildman–Crippen LogP) is 6.11. The lowest BCUT2D eigenvalue weighted by Gasteiger charge is -2.36. The molecule has 8 nitrogen and oxygen atoms in total. The Morgan fingerprint density at radius 1 is 1.26 bits per heavy atom. The molecule has 0 bridgehead atoms. The zero-order valence-electron chi connectivity index (χ0n) is 20.3. The number of piperidine rings is 1. The Bertz CT molecular complexity index is 1490. The highest BCUT2D eigenvalue weighted by atomic mass is 35.5. The number of nitrogens with zero attached hydrogens (tertiary/aromatic N) is 3. The van der Waals surface area contributed by atoms with Crippen molar-refractivity contribution in [2.75, 3.05) is 24.6 Å². The van der Waals surface area contributed by atoms with E-state index < -0.39 is 17.5 Å². The van der Waals surface area contributed by atoms with Crippen LogP contribution in [0.1, 0.15) is 53.3 Å². The average Bonchev–Trinajstić information content (AvgIpc) is 3.53. The third-order valence-electron chi connectivity index (χ3n) is 7.32. The second kappa shape index (κ2) is 9.67. The van der Waals surface area contributed by atoms with Gasteiger partial charge in [-0.25, -0.2) is 13.6 Å². The van der Waals surface area contributed by atoms with Crippen LogP contribution in [-0.4, -0.2) is 51.8 Å². The third kappa shape index (κ3) is 4.63. The number of rotatable bonds is 8. The summed E-state index contributed by atoms with van der Waals surface area (Å²) < 4.78 is 41.8. The fraction of sp³-hybridized carbons (Fsp3) is 0.370. The van der Waals surface area contributed by atoms with Gasteiger partial charge >= 0.3 is 5.97 Å². The molecule has 198 valence electrons. The van der Waals surface area contributed by atoms with Crippen molar-refractivity contribution in [3.05, 3.63) is 64.1 Å². The number of anilines is 1. The van der Waals surface area contributed by atoms with E-state index in [4.69, 9.17) is 20.9 Å². The molecule has 0 unspecified atom stereocenters. The minimum Gasteiger partial charge on any atom is -0.478 e. The summed E-state index contributed by atoms with van der Waals surface area (Å²) in [6, 6.07) is 9.19. The van der Waals surface area contributed by atoms with E-state index in [0.717, 1.165) is 18.4 Å². The van der Waals surface area contributed by atoms with Gasteiger partial charge in [0.25, 0.3) is 0 Å². The number of carbonyl (C=O) groups is 1. The number of carboxylic acids is 1. The number of H-pyrrole nitrogens is 1. The first kappa shape index (κ1) is 24.8. The number of alkyl halides is 1. The molecule has 2 N–H and O–H groups in total. The number of carboxylic acid groups (broad SMARTS) is 1. The maximum absolute atomic E-state index is 15.7. The molecule has 2 aromatic carbocycles. The van der Waals surface area contributed by atoms with Crippen LogP contribution in [0.2, 0.25) is 5.02 Å². The van der Waals surface area contributed by atoms with Crippen molar-refractivity contribution in [2.24, 2.45) is 0 Å². The maximum Gasteiger partial charge on any atom is 0.335 e. The van der Waals surface area contributed by atoms with Crippen molar-refractivity contribution in [1.82, 2.24) is 15.4 Å². The first-order chi connectivity index (χ1) is 18.3. The number of benzene rings is 2. The van der Waals surface area contributed by atoms with Crippen LogP contribution in [0.3, 0.4) is 0 Å². The van der Waals surface area contributed by atoms with Crippen LogP contribution in [0, 0.1) is 5.82 Å². The monoisotopic (exact) mass is 542 g/mol. The van der Waals surface area contributed by atoms with Crippen LogP contribution in [0.5, 0.6) is 0 Å². The van der Waals surface area contributed by atoms with Crippen molar-refractivity contribution < 1.29 is 27.9 Å². The number of aromatic carboxylic acids is 1. The summed E-state index contributed by atoms with van der Waals surface area (Å²) in [4.78, 5) is 13.3. The Hall–Kier alpha value is -3.50. The molecular formula is C27H25ClF2N4O4. The summed E-state index contributed by atoms with van der Waals surface area (Å²) in [6.45, 7) is 0.694. The lowest BCUT2D eigenvalue weighted by Crippen LogP contribution is -2.44. The van der Waals surface area contributed by atoms with Gasteiger partial charge < -0.3 is 19.3 Å². The van der Waals surface area contributed by atoms with Crippen molar-refractivity contribution in [3.8, 4) is 11.3 Å². The smallest absolute Gasteiger partial charge is 0.335 e. The molecule has 0 atom stereocenters. The number of ether oxygens (including phenoxy) is 1. The second-order valence-electron chi connectivity index (χ2n) is 9.99. The van der Waals surface area contributed by atoms with E-state index >= 15 is 4.39 Å². The van der Waals surface area contributed by atoms with E-state index in [9.17, 15) is 14.3 Å². The van der Waals surface area contributed by atoms with Crippen molar-refractivity contribution in [2.45, 2.75) is 43.9 Å². The molecule has 2 fully saturated rings. The minimum atomic E-state index is -1.55. The number of halogens is 3. The van der Waals surface area contributed by atoms with Crippen molar-refractivity contribution in [1.29, 1.82) is 0 Å². The van der Waals surface area contributed by atoms with Crippen LogP contribution in [0.4, 0.5) is 14.6 Å². The van der Waals surface area contributed by atoms with Gasteiger partial charge in [-0.05, 0) is 43.2 Å². The molecule has 4 aromatic rings. The van der Waals surface area contributed by atoms with Gasteiger partial charge in [-0.15, -0.1) is 0 Å². The lowest BCUT2D eigenvalue weighted by atomic mass is 9.94. The van der Waals surface area contributed by atoms with E-state index in [1.54, 1.807) is 18.2 Å². The predicted molar refractivity (Wildman–Crippen MR) is 137 cm³/mol. The van der Waals surface area contributed by atoms with Crippen LogP contribution in [-0.2, 0) is 11.3 Å². The largest absolute Gasteiger partial charge is 0.478 e. The molecule has 3 heterocycles. The third-order valence-corrected chi connectivity index (χ3v) is 7.64. The molecule has 0 radical (unpaired) electrons. The molecule has 1 saturated carbocycles. The second-order valence-corrected chi connectivity index (χ2v) is 10.4. The summed E-state index contributed by atoms with van der Waals surface area (Å²) >= 11 is 6.27. The van der Waals surface area contributed by atoms with Gasteiger partial charge in [0.05, 0.1) is 34.9 Å². The van der Waals surface area contributed by atoms with Gasteiger partial charge in [-0.3, -0.25) is 5.10 Å². The Morgan fingerprint density at radius 2 is 2.05 bits per heavy atom. The molecule has 0 spiro atoms. The van der Waals surface area contributed by atoms with Crippen LogP contribution in [0.15, 0.2) is 40.9 Å². The number of aromatic amines is 1. The molecular weight excluding hydrogens is 518 g/mol. The summed E-state index contributed by atoms with van der Waals surface area (Å²) in [5.41, 5.74) is 0.393. The number of nitrogens with one attached hydrogen (secondary N) is 1. The van der Waals surface area contributed by atoms with Gasteiger partial charge in [-0.1, -0.05) is 22.8 Å². The van der Waals surface area contributed by atoms with Crippen molar-refractivity contribution >= 4 is 34.3 Å². The van der Waals surface area contributed by atoms with Gasteiger partial charge in [0.1, 0.15) is 22.9 Å². The highest BCUT2D eigenvalue weighted by molar-refractivity contribution is 6.33. The van der Waals surface area contributed by atoms with Crippen LogP contribution < -0.4 is 4.90 Å². The summed E-state index contributed by atoms with van der Waals surface area (Å²) in [5.74, 6) is -0.0710. The fourth-order valence-electron chi connectivity index (χ4n) is 5.02. The van der Waals surface area contributed by atoms with Crippen LogP contribution in [0.25, 0.3) is 22.2 Å². The molecule has 38 heavy (non-hydrogen) atoms. The highest BCUT2D eigenvalue weighted by Crippen LogP contribution is 2.45. The quantitative estimate of drug-likeness (QED) is 0.277. The van der Waals surface area contributed by atoms with E-state index in [1.165, 1.54) is 18.2 Å². The number of hydrogen-bond acceptors (Lipinski definition) is 6. The zero-order chi connectivity index (χ0) is 26.4. The number of fused-ring (bicyclic) bond motifs is 1. The average molecular weight is 543 g/mol. The molecule has 6 rings (SSSR count). The van der Waals surface area contributed by atoms with Gasteiger partial charge in [-0.2, -0.15) is 5.10 Å². The standard InChI is InChI=1S/C27H25ClF2N4O4/c28-19-2-1-3-20(29)22(19)23-18(24(38-33-23)15-4-5-15)13-37-14-27(30)8-10-34(11-9-27)25-17-12-16(26(35)36)6-7-21(17)31-32-25/h1-3,6-7,12,15H,4-5,8-11,13-14H2,(H,31,32)(H,35,36). The Morgan fingerprint density at radius 3 is 2.76 bits per heavy atom. The van der Waals surface area contributed by atoms with Crippen molar-refractivity contribution in [3.63, 3.8) is 0 Å². The molecule has 2 aliphatic rings. The van der Waals surface area contributed by atoms with E-state index in [2.05, 4.69) is 15.4 Å². The minimum absolute atomic E-state index is 0.0344. The van der Waals surface area contributed by atoms with E-state index in [0.29, 0.717) is 41.3 Å². The lowest BCUT2D eigenvalue weighted by molar-refractivity contribution is -0.00762. The first-order valence-corrected chi connectivity index (χ1v) is 12.9. The molecule has 2 aromatic heterocycles. The Labute approximate surface area is 221 Å². The fourth-order valence-corrected chi connectivity index (χ4v) is 5.27. The van der Waals surface area contributed by atoms with E-state index in [1.807, 2.05) is 4.90 Å². The summed E-state index contributed by atoms with van der Waals surface area (Å²) in [7, 11) is 0. The maximum atomic E-state index is 15.7. The van der Waals surface area contributed by atoms with Gasteiger partial charge in [0.2, 0.25) is 0 Å². The SMILES string of the molecule is O=C(O)c1ccc2[nH]nc(N3CCC(F)(COCc4c(-c5c(F)cccc5Cl)noc4C4CC4)CC3)c2c1. The molecule has 1 saturated heterocycles. The topological polar surface area (TPSA) is 104 Å². The normalized spacial score (nSPS) is 17.3. The first-order valence-electron chi connectivity index (χ1n) is 12.5. The van der Waals surface area contributed by atoms with Gasteiger partial charge in [0.15, 0.2) is 5.82 Å². The molecule has 1 aliphatic carbocycles. The van der Waals surface area contributed by atoms with Crippen LogP contribution >= 0.6 is 11.6 Å². The zero-order valence-corrected chi connectivity index (χ0v) is 21.1.